The van der Waals surface area contributed by atoms with Crippen LogP contribution in [-0.2, 0) is 0 Å². The SMILES string of the molecule is CCC[C@@H](C)C[C@@H](C)[C@@H](C)C[C@@H](C)CCC. The van der Waals surface area contributed by atoms with Crippen LogP contribution in [0.15, 0.2) is 0 Å². The normalized spacial score (nSPS) is 19.1. The molecular formula is C16H34. The van der Waals surface area contributed by atoms with Crippen molar-refractivity contribution in [3.63, 3.8) is 0 Å². The molecule has 4 atom stereocenters. The van der Waals surface area contributed by atoms with Gasteiger partial charge < -0.3 is 0 Å². The van der Waals surface area contributed by atoms with Crippen LogP contribution in [0.1, 0.15) is 80.1 Å². The minimum absolute atomic E-state index is 0.904. The van der Waals surface area contributed by atoms with Crippen LogP contribution in [0, 0.1) is 23.7 Å². The second-order valence-electron chi connectivity index (χ2n) is 6.21. The lowest BCUT2D eigenvalue weighted by Gasteiger charge is -2.25. The third-order valence-electron chi connectivity index (χ3n) is 4.08. The summed E-state index contributed by atoms with van der Waals surface area (Å²) in [6.07, 6.45) is 8.34. The highest BCUT2D eigenvalue weighted by Gasteiger charge is 2.17. The first kappa shape index (κ1) is 16.0. The standard InChI is InChI=1S/C16H34/c1-7-9-13(3)11-15(5)16(6)12-14(4)10-8-2/h13-16H,7-12H2,1-6H3/t13-,14+,15-,16+. The van der Waals surface area contributed by atoms with Gasteiger partial charge in [-0.05, 0) is 36.5 Å². The van der Waals surface area contributed by atoms with Crippen molar-refractivity contribution in [1.82, 2.24) is 0 Å². The van der Waals surface area contributed by atoms with Crippen molar-refractivity contribution in [3.05, 3.63) is 0 Å². The zero-order valence-electron chi connectivity index (χ0n) is 12.6. The van der Waals surface area contributed by atoms with E-state index in [9.17, 15) is 0 Å². The molecule has 0 radical (unpaired) electrons. The molecule has 0 fully saturated rings. The van der Waals surface area contributed by atoms with Crippen LogP contribution in [0.5, 0.6) is 0 Å². The van der Waals surface area contributed by atoms with Crippen molar-refractivity contribution in [2.24, 2.45) is 23.7 Å². The summed E-state index contributed by atoms with van der Waals surface area (Å²) in [5.74, 6) is 3.65. The first-order valence-corrected chi connectivity index (χ1v) is 7.51. The molecule has 0 aromatic rings. The van der Waals surface area contributed by atoms with Gasteiger partial charge in [0.2, 0.25) is 0 Å². The third-order valence-corrected chi connectivity index (χ3v) is 4.08. The lowest BCUT2D eigenvalue weighted by atomic mass is 9.81. The van der Waals surface area contributed by atoms with E-state index in [1.165, 1.54) is 38.5 Å². The molecule has 0 aromatic heterocycles. The van der Waals surface area contributed by atoms with Crippen LogP contribution in [0.25, 0.3) is 0 Å². The van der Waals surface area contributed by atoms with Gasteiger partial charge in [-0.15, -0.1) is 0 Å². The molecule has 0 aliphatic heterocycles. The Kier molecular flexibility index (Phi) is 9.07. The molecule has 0 amide bonds. The highest BCUT2D eigenvalue weighted by molar-refractivity contribution is 4.68. The van der Waals surface area contributed by atoms with Gasteiger partial charge in [-0.2, -0.15) is 0 Å². The van der Waals surface area contributed by atoms with E-state index in [0.717, 1.165) is 23.7 Å². The highest BCUT2D eigenvalue weighted by Crippen LogP contribution is 2.28. The number of hydrogen-bond acceptors (Lipinski definition) is 0. The molecule has 0 rings (SSSR count). The molecule has 16 heavy (non-hydrogen) atoms. The van der Waals surface area contributed by atoms with Crippen LogP contribution in [0.2, 0.25) is 0 Å². The third kappa shape index (κ3) is 7.30. The van der Waals surface area contributed by atoms with E-state index in [4.69, 9.17) is 0 Å². The van der Waals surface area contributed by atoms with E-state index in [0.29, 0.717) is 0 Å². The lowest BCUT2D eigenvalue weighted by molar-refractivity contribution is 0.258. The Hall–Kier alpha value is 0. The molecule has 0 bridgehead atoms. The lowest BCUT2D eigenvalue weighted by Crippen LogP contribution is -2.14. The molecule has 0 heteroatoms. The number of rotatable bonds is 9. The Balaban J connectivity index is 3.83. The van der Waals surface area contributed by atoms with Crippen molar-refractivity contribution in [2.45, 2.75) is 80.1 Å². The van der Waals surface area contributed by atoms with Gasteiger partial charge in [-0.1, -0.05) is 67.2 Å². The molecule has 98 valence electrons. The zero-order chi connectivity index (χ0) is 12.6. The van der Waals surface area contributed by atoms with Crippen molar-refractivity contribution in [1.29, 1.82) is 0 Å². The fraction of sp³-hybridized carbons (Fsp3) is 1.00. The minimum atomic E-state index is 0.904. The second-order valence-corrected chi connectivity index (χ2v) is 6.21. The molecular weight excluding hydrogens is 192 g/mol. The smallest absolute Gasteiger partial charge is 0.0414 e. The summed E-state index contributed by atoms with van der Waals surface area (Å²) in [6, 6.07) is 0. The van der Waals surface area contributed by atoms with Crippen LogP contribution < -0.4 is 0 Å². The van der Waals surface area contributed by atoms with Gasteiger partial charge in [0.1, 0.15) is 0 Å². The average Bonchev–Trinajstić information content (AvgIpc) is 2.17. The average molecular weight is 226 g/mol. The van der Waals surface area contributed by atoms with Crippen LogP contribution >= 0.6 is 0 Å². The van der Waals surface area contributed by atoms with Crippen LogP contribution in [0.4, 0.5) is 0 Å². The first-order chi connectivity index (χ1) is 7.51. The molecule has 0 saturated carbocycles. The summed E-state index contributed by atoms with van der Waals surface area (Å²) in [7, 11) is 0. The van der Waals surface area contributed by atoms with Gasteiger partial charge in [0.15, 0.2) is 0 Å². The summed E-state index contributed by atoms with van der Waals surface area (Å²) in [5.41, 5.74) is 0. The molecule has 0 saturated heterocycles. The Morgan fingerprint density at radius 3 is 1.19 bits per heavy atom. The molecule has 0 heterocycles. The van der Waals surface area contributed by atoms with Crippen molar-refractivity contribution in [3.8, 4) is 0 Å². The Bertz CT molecular complexity index is 132. The van der Waals surface area contributed by atoms with E-state index in [-0.39, 0.29) is 0 Å². The molecule has 0 aromatic carbocycles. The van der Waals surface area contributed by atoms with Crippen molar-refractivity contribution in [2.75, 3.05) is 0 Å². The van der Waals surface area contributed by atoms with E-state index in [2.05, 4.69) is 41.5 Å². The second kappa shape index (κ2) is 9.07. The van der Waals surface area contributed by atoms with E-state index < -0.39 is 0 Å². The maximum absolute atomic E-state index is 2.45. The van der Waals surface area contributed by atoms with E-state index in [1.807, 2.05) is 0 Å². The summed E-state index contributed by atoms with van der Waals surface area (Å²) in [5, 5.41) is 0. The molecule has 0 aliphatic carbocycles. The minimum Gasteiger partial charge on any atom is -0.0654 e. The molecule has 0 nitrogen and oxygen atoms in total. The van der Waals surface area contributed by atoms with Crippen molar-refractivity contribution >= 4 is 0 Å². The predicted molar refractivity (Wildman–Crippen MR) is 75.7 cm³/mol. The van der Waals surface area contributed by atoms with Crippen LogP contribution in [0.3, 0.4) is 0 Å². The van der Waals surface area contributed by atoms with E-state index >= 15 is 0 Å². The topological polar surface area (TPSA) is 0 Å². The largest absolute Gasteiger partial charge is 0.0654 e. The highest BCUT2D eigenvalue weighted by atomic mass is 14.2. The Morgan fingerprint density at radius 1 is 0.625 bits per heavy atom. The van der Waals surface area contributed by atoms with Gasteiger partial charge in [0, 0.05) is 0 Å². The summed E-state index contributed by atoms with van der Waals surface area (Å²) >= 11 is 0. The van der Waals surface area contributed by atoms with Crippen LogP contribution in [-0.4, -0.2) is 0 Å². The summed E-state index contributed by atoms with van der Waals surface area (Å²) in [4.78, 5) is 0. The Morgan fingerprint density at radius 2 is 0.938 bits per heavy atom. The molecule has 0 aliphatic rings. The fourth-order valence-corrected chi connectivity index (χ4v) is 2.96. The fourth-order valence-electron chi connectivity index (χ4n) is 2.96. The van der Waals surface area contributed by atoms with Gasteiger partial charge in [0.05, 0.1) is 0 Å². The zero-order valence-corrected chi connectivity index (χ0v) is 12.6. The molecule has 0 spiro atoms. The van der Waals surface area contributed by atoms with E-state index in [1.54, 1.807) is 0 Å². The maximum Gasteiger partial charge on any atom is -0.0414 e. The van der Waals surface area contributed by atoms with Gasteiger partial charge >= 0.3 is 0 Å². The monoisotopic (exact) mass is 226 g/mol. The summed E-state index contributed by atoms with van der Waals surface area (Å²) < 4.78 is 0. The van der Waals surface area contributed by atoms with Gasteiger partial charge in [-0.3, -0.25) is 0 Å². The maximum atomic E-state index is 2.45. The number of hydrogen-bond donors (Lipinski definition) is 0. The van der Waals surface area contributed by atoms with Gasteiger partial charge in [-0.25, -0.2) is 0 Å². The Labute approximate surface area is 104 Å². The molecule has 0 unspecified atom stereocenters. The first-order valence-electron chi connectivity index (χ1n) is 7.51. The molecule has 0 N–H and O–H groups in total. The quantitative estimate of drug-likeness (QED) is 0.458. The van der Waals surface area contributed by atoms with Crippen molar-refractivity contribution < 1.29 is 0 Å². The van der Waals surface area contributed by atoms with Gasteiger partial charge in [0.25, 0.3) is 0 Å². The summed E-state index contributed by atoms with van der Waals surface area (Å²) in [6.45, 7) is 14.3. The predicted octanol–water partition coefficient (Wildman–Crippen LogP) is 5.91.